The Morgan fingerprint density at radius 1 is 0.944 bits per heavy atom. The van der Waals surface area contributed by atoms with Crippen LogP contribution in [-0.2, 0) is 0 Å². The van der Waals surface area contributed by atoms with E-state index in [0.29, 0.717) is 0 Å². The number of hydrogen-bond donors (Lipinski definition) is 2. The largest absolute Gasteiger partial charge is 0.385 e. The Labute approximate surface area is 219 Å². The lowest BCUT2D eigenvalue weighted by Gasteiger charge is -2.28. The van der Waals surface area contributed by atoms with Gasteiger partial charge in [-0.3, -0.25) is 4.98 Å². The molecule has 1 aliphatic rings. The second-order valence-electron chi connectivity index (χ2n) is 9.46. The zero-order chi connectivity index (χ0) is 25.1. The van der Waals surface area contributed by atoms with Gasteiger partial charge in [0.25, 0.3) is 0 Å². The normalized spacial score (nSPS) is 17.3. The maximum Gasteiger partial charge on any atom is 0.170 e. The van der Waals surface area contributed by atoms with Crippen LogP contribution in [0.4, 0.5) is 5.69 Å². The first-order valence-electron chi connectivity index (χ1n) is 12.6. The van der Waals surface area contributed by atoms with Crippen molar-refractivity contribution in [3.63, 3.8) is 0 Å². The number of nitrogens with zero attached hydrogens (tertiary/aromatic N) is 3. The van der Waals surface area contributed by atoms with Crippen LogP contribution in [0.25, 0.3) is 5.69 Å². The van der Waals surface area contributed by atoms with Crippen molar-refractivity contribution in [1.82, 2.24) is 19.8 Å². The third kappa shape index (κ3) is 4.86. The van der Waals surface area contributed by atoms with Gasteiger partial charge in [-0.1, -0.05) is 42.0 Å². The minimum absolute atomic E-state index is 0.00671. The summed E-state index contributed by atoms with van der Waals surface area (Å²) in [5.74, 6) is 0. The topological polar surface area (TPSA) is 45.1 Å². The van der Waals surface area contributed by atoms with E-state index < -0.39 is 0 Å². The number of aromatic nitrogens is 2. The quantitative estimate of drug-likeness (QED) is 0.223. The molecule has 1 fully saturated rings. The Bertz CT molecular complexity index is 1310. The molecule has 5 rings (SSSR count). The van der Waals surface area contributed by atoms with E-state index in [-0.39, 0.29) is 12.1 Å². The van der Waals surface area contributed by atoms with Gasteiger partial charge < -0.3 is 20.1 Å². The highest BCUT2D eigenvalue weighted by Gasteiger charge is 2.41. The molecule has 2 N–H and O–H groups in total. The lowest BCUT2D eigenvalue weighted by Crippen LogP contribution is -2.31. The van der Waals surface area contributed by atoms with E-state index in [0.717, 1.165) is 36.0 Å². The van der Waals surface area contributed by atoms with Crippen molar-refractivity contribution in [3.05, 3.63) is 113 Å². The number of nitrogens with one attached hydrogen (secondary N) is 2. The molecule has 2 atom stereocenters. The Morgan fingerprint density at radius 3 is 2.42 bits per heavy atom. The van der Waals surface area contributed by atoms with E-state index in [4.69, 9.17) is 17.2 Å². The predicted octanol–water partition coefficient (Wildman–Crippen LogP) is 6.27. The summed E-state index contributed by atoms with van der Waals surface area (Å²) in [4.78, 5) is 7.05. The fourth-order valence-electron chi connectivity index (χ4n) is 5.20. The number of anilines is 1. The zero-order valence-corrected chi connectivity index (χ0v) is 21.9. The molecule has 4 aromatic rings. The molecule has 2 aromatic heterocycles. The SMILES string of the molecule is Cc1ccc(-n2c(C)cc(C3C(c4ccccn4)NC(=S)N3CCCNc3ccccc3)c2C)cc1. The minimum atomic E-state index is -0.00671. The van der Waals surface area contributed by atoms with E-state index in [2.05, 4.69) is 102 Å². The van der Waals surface area contributed by atoms with Gasteiger partial charge in [-0.05, 0) is 87.4 Å². The molecule has 0 spiro atoms. The molecule has 2 aromatic carbocycles. The molecular weight excluding hydrogens is 462 g/mol. The average molecular weight is 496 g/mol. The Kier molecular flexibility index (Phi) is 7.05. The van der Waals surface area contributed by atoms with E-state index in [1.807, 2.05) is 24.4 Å². The highest BCUT2D eigenvalue weighted by atomic mass is 32.1. The number of hydrogen-bond acceptors (Lipinski definition) is 3. The third-order valence-electron chi connectivity index (χ3n) is 6.96. The summed E-state index contributed by atoms with van der Waals surface area (Å²) in [7, 11) is 0. The maximum absolute atomic E-state index is 5.89. The molecule has 0 aliphatic carbocycles. The molecule has 36 heavy (non-hydrogen) atoms. The maximum atomic E-state index is 5.89. The van der Waals surface area contributed by atoms with Gasteiger partial charge in [0.05, 0.1) is 17.8 Å². The molecule has 1 aliphatic heterocycles. The highest BCUT2D eigenvalue weighted by Crippen LogP contribution is 2.41. The first kappa shape index (κ1) is 24.1. The van der Waals surface area contributed by atoms with Crippen LogP contribution in [-0.4, -0.2) is 32.7 Å². The molecule has 0 amide bonds. The van der Waals surface area contributed by atoms with Crippen LogP contribution in [0.2, 0.25) is 0 Å². The van der Waals surface area contributed by atoms with Crippen molar-refractivity contribution in [2.45, 2.75) is 39.3 Å². The fraction of sp³-hybridized carbons (Fsp3) is 0.267. The van der Waals surface area contributed by atoms with Gasteiger partial charge in [0.1, 0.15) is 0 Å². The standard InChI is InChI=1S/C30H33N5S/c1-21-13-15-25(16-14-21)35-22(2)20-26(23(35)3)29-28(27-12-7-8-17-32-27)33-30(36)34(29)19-9-18-31-24-10-5-4-6-11-24/h4-8,10-17,20,28-29,31H,9,18-19H2,1-3H3,(H,33,36). The molecule has 0 bridgehead atoms. The third-order valence-corrected chi connectivity index (χ3v) is 7.31. The Balaban J connectivity index is 1.45. The van der Waals surface area contributed by atoms with Gasteiger partial charge in [0.15, 0.2) is 5.11 Å². The van der Waals surface area contributed by atoms with Gasteiger partial charge in [-0.25, -0.2) is 0 Å². The van der Waals surface area contributed by atoms with Gasteiger partial charge >= 0.3 is 0 Å². The number of pyridine rings is 1. The van der Waals surface area contributed by atoms with Crippen molar-refractivity contribution in [2.24, 2.45) is 0 Å². The number of benzene rings is 2. The second-order valence-corrected chi connectivity index (χ2v) is 9.85. The second kappa shape index (κ2) is 10.5. The summed E-state index contributed by atoms with van der Waals surface area (Å²) in [6.07, 6.45) is 2.83. The van der Waals surface area contributed by atoms with E-state index in [1.165, 1.54) is 28.2 Å². The molecule has 3 heterocycles. The van der Waals surface area contributed by atoms with Gasteiger partial charge in [-0.15, -0.1) is 0 Å². The molecule has 1 saturated heterocycles. The van der Waals surface area contributed by atoms with Crippen LogP contribution in [0.5, 0.6) is 0 Å². The van der Waals surface area contributed by atoms with E-state index in [1.54, 1.807) is 0 Å². The zero-order valence-electron chi connectivity index (χ0n) is 21.1. The molecular formula is C30H33N5S. The van der Waals surface area contributed by atoms with Crippen molar-refractivity contribution in [3.8, 4) is 5.69 Å². The smallest absolute Gasteiger partial charge is 0.170 e. The van der Waals surface area contributed by atoms with Crippen molar-refractivity contribution < 1.29 is 0 Å². The van der Waals surface area contributed by atoms with Crippen LogP contribution in [0.3, 0.4) is 0 Å². The number of rotatable bonds is 8. The lowest BCUT2D eigenvalue weighted by atomic mass is 9.96. The molecule has 0 saturated carbocycles. The van der Waals surface area contributed by atoms with E-state index >= 15 is 0 Å². The van der Waals surface area contributed by atoms with Crippen molar-refractivity contribution >= 4 is 23.0 Å². The minimum Gasteiger partial charge on any atom is -0.385 e. The van der Waals surface area contributed by atoms with Gasteiger partial charge in [0.2, 0.25) is 0 Å². The highest BCUT2D eigenvalue weighted by molar-refractivity contribution is 7.80. The summed E-state index contributed by atoms with van der Waals surface area (Å²) in [5.41, 5.74) is 8.34. The first-order valence-corrected chi connectivity index (χ1v) is 13.0. The monoisotopic (exact) mass is 495 g/mol. The lowest BCUT2D eigenvalue weighted by molar-refractivity contribution is 0.315. The molecule has 6 heteroatoms. The van der Waals surface area contributed by atoms with Gasteiger partial charge in [0, 0.05) is 42.0 Å². The van der Waals surface area contributed by atoms with Crippen LogP contribution in [0.1, 0.15) is 46.7 Å². The van der Waals surface area contributed by atoms with E-state index in [9.17, 15) is 0 Å². The summed E-state index contributed by atoms with van der Waals surface area (Å²) < 4.78 is 2.35. The number of para-hydroxylation sites is 1. The van der Waals surface area contributed by atoms with Gasteiger partial charge in [-0.2, -0.15) is 0 Å². The van der Waals surface area contributed by atoms with Crippen molar-refractivity contribution in [1.29, 1.82) is 0 Å². The van der Waals surface area contributed by atoms with Crippen LogP contribution >= 0.6 is 12.2 Å². The predicted molar refractivity (Wildman–Crippen MR) is 152 cm³/mol. The van der Waals surface area contributed by atoms with Crippen molar-refractivity contribution in [2.75, 3.05) is 18.4 Å². The summed E-state index contributed by atoms with van der Waals surface area (Å²) in [6, 6.07) is 27.5. The Morgan fingerprint density at radius 2 is 1.69 bits per heavy atom. The number of thiocarbonyl (C=S) groups is 1. The van der Waals surface area contributed by atoms with Crippen LogP contribution < -0.4 is 10.6 Å². The molecule has 5 nitrogen and oxygen atoms in total. The Hall–Kier alpha value is -3.64. The summed E-state index contributed by atoms with van der Waals surface area (Å²) in [6.45, 7) is 8.26. The first-order chi connectivity index (χ1) is 17.5. The average Bonchev–Trinajstić information content (AvgIpc) is 3.38. The molecule has 0 radical (unpaired) electrons. The van der Waals surface area contributed by atoms with Crippen LogP contribution in [0.15, 0.2) is 85.1 Å². The molecule has 2 unspecified atom stereocenters. The summed E-state index contributed by atoms with van der Waals surface area (Å²) in [5, 5.41) is 7.91. The molecule has 184 valence electrons. The summed E-state index contributed by atoms with van der Waals surface area (Å²) >= 11 is 5.89. The van der Waals surface area contributed by atoms with Crippen LogP contribution in [0, 0.1) is 20.8 Å². The number of aryl methyl sites for hydroxylation is 2. The fourth-order valence-corrected chi connectivity index (χ4v) is 5.53.